The third kappa shape index (κ3) is 5.44. The van der Waals surface area contributed by atoms with E-state index in [0.29, 0.717) is 0 Å². The molecule has 0 radical (unpaired) electrons. The molecule has 0 aliphatic heterocycles. The lowest BCUT2D eigenvalue weighted by Gasteiger charge is -2.27. The summed E-state index contributed by atoms with van der Waals surface area (Å²) >= 11 is 0. The first kappa shape index (κ1) is 33.3. The molecule has 0 atom stereocenters. The monoisotopic (exact) mass is 752 g/mol. The van der Waals surface area contributed by atoms with Crippen LogP contribution in [0.2, 0.25) is 0 Å². The number of nitrogens with zero attached hydrogens (tertiary/aromatic N) is 2. The Morgan fingerprint density at radius 2 is 1.02 bits per heavy atom. The van der Waals surface area contributed by atoms with E-state index >= 15 is 0 Å². The van der Waals surface area contributed by atoms with Crippen LogP contribution in [0.1, 0.15) is 0 Å². The molecule has 0 amide bonds. The van der Waals surface area contributed by atoms with Gasteiger partial charge < -0.3 is 13.9 Å². The predicted molar refractivity (Wildman–Crippen MR) is 249 cm³/mol. The molecule has 0 spiro atoms. The zero-order chi connectivity index (χ0) is 38.9. The van der Waals surface area contributed by atoms with Crippen LogP contribution in [0, 0.1) is 0 Å². The zero-order valence-electron chi connectivity index (χ0n) is 32.1. The number of rotatable bonds is 6. The molecule has 0 N–H and O–H groups in total. The minimum absolute atomic E-state index is 0.864. The smallest absolute Gasteiger partial charge is 0.143 e. The third-order valence-electron chi connectivity index (χ3n) is 11.9. The van der Waals surface area contributed by atoms with Gasteiger partial charge in [0.15, 0.2) is 0 Å². The Morgan fingerprint density at radius 3 is 1.90 bits per heavy atom. The van der Waals surface area contributed by atoms with Gasteiger partial charge in [0.05, 0.1) is 22.1 Å². The van der Waals surface area contributed by atoms with Crippen LogP contribution in [0.3, 0.4) is 0 Å². The Balaban J connectivity index is 1.04. The molecule has 0 unspecified atom stereocenters. The molecule has 3 nitrogen and oxygen atoms in total. The standard InChI is InChI=1S/C56H36N2O/c1-2-16-44(17-3-1)58-51-21-9-8-20-48(51)50-36-43(29-33-52(50)58)41-15-10-18-46(35-41)57(45-30-26-38(27-31-45)42-25-24-37-12-4-5-14-40(37)34-42)53-22-11-23-54-55(53)49-32-28-39-13-6-7-19-47(39)56(49)59-54/h1-36H. The summed E-state index contributed by atoms with van der Waals surface area (Å²) in [5.74, 6) is 0. The van der Waals surface area contributed by atoms with E-state index in [0.717, 1.165) is 55.6 Å². The fourth-order valence-electron chi connectivity index (χ4n) is 9.15. The van der Waals surface area contributed by atoms with Gasteiger partial charge in [0.2, 0.25) is 0 Å². The van der Waals surface area contributed by atoms with Crippen LogP contribution in [-0.2, 0) is 0 Å². The summed E-state index contributed by atoms with van der Waals surface area (Å²) in [5, 5.41) is 9.42. The molecule has 2 heterocycles. The molecule has 3 heteroatoms. The lowest BCUT2D eigenvalue weighted by molar-refractivity contribution is 0.672. The highest BCUT2D eigenvalue weighted by Gasteiger charge is 2.21. The molecule has 0 saturated carbocycles. The fraction of sp³-hybridized carbons (Fsp3) is 0. The minimum Gasteiger partial charge on any atom is -0.455 e. The number of aromatic nitrogens is 1. The van der Waals surface area contributed by atoms with E-state index in [9.17, 15) is 0 Å². The van der Waals surface area contributed by atoms with Gasteiger partial charge in [-0.15, -0.1) is 0 Å². The van der Waals surface area contributed by atoms with Crippen molar-refractivity contribution in [2.45, 2.75) is 0 Å². The molecular weight excluding hydrogens is 717 g/mol. The van der Waals surface area contributed by atoms with Crippen LogP contribution < -0.4 is 4.90 Å². The second kappa shape index (κ2) is 13.4. The summed E-state index contributed by atoms with van der Waals surface area (Å²) in [6, 6.07) is 78.7. The molecule has 2 aromatic heterocycles. The Morgan fingerprint density at radius 1 is 0.356 bits per heavy atom. The largest absolute Gasteiger partial charge is 0.455 e. The lowest BCUT2D eigenvalue weighted by atomic mass is 9.99. The molecule has 0 aliphatic rings. The highest BCUT2D eigenvalue weighted by molar-refractivity contribution is 6.19. The van der Waals surface area contributed by atoms with E-state index in [1.54, 1.807) is 0 Å². The first-order chi connectivity index (χ1) is 29.2. The van der Waals surface area contributed by atoms with E-state index in [2.05, 4.69) is 228 Å². The van der Waals surface area contributed by atoms with Gasteiger partial charge in [0, 0.05) is 38.6 Å². The molecule has 12 aromatic rings. The molecule has 0 aliphatic carbocycles. The Hall–Kier alpha value is -7.88. The van der Waals surface area contributed by atoms with E-state index in [-0.39, 0.29) is 0 Å². The molecule has 276 valence electrons. The maximum atomic E-state index is 6.71. The van der Waals surface area contributed by atoms with Crippen LogP contribution in [0.4, 0.5) is 17.1 Å². The van der Waals surface area contributed by atoms with Crippen molar-refractivity contribution in [3.8, 4) is 27.9 Å². The molecule has 0 fully saturated rings. The zero-order valence-corrected chi connectivity index (χ0v) is 32.1. The third-order valence-corrected chi connectivity index (χ3v) is 11.9. The average molecular weight is 753 g/mol. The summed E-state index contributed by atoms with van der Waals surface area (Å²) in [7, 11) is 0. The Kier molecular flexibility index (Phi) is 7.54. The summed E-state index contributed by atoms with van der Waals surface area (Å²) in [6.45, 7) is 0. The first-order valence-electron chi connectivity index (χ1n) is 20.2. The van der Waals surface area contributed by atoms with Crippen LogP contribution in [0.15, 0.2) is 223 Å². The molecular formula is C56H36N2O. The van der Waals surface area contributed by atoms with Crippen molar-refractivity contribution < 1.29 is 4.42 Å². The number of hydrogen-bond acceptors (Lipinski definition) is 2. The van der Waals surface area contributed by atoms with E-state index in [4.69, 9.17) is 4.42 Å². The Bertz CT molecular complexity index is 3560. The number of fused-ring (bicyclic) bond motifs is 9. The van der Waals surface area contributed by atoms with Crippen molar-refractivity contribution in [2.24, 2.45) is 0 Å². The van der Waals surface area contributed by atoms with Crippen molar-refractivity contribution in [1.29, 1.82) is 0 Å². The normalized spacial score (nSPS) is 11.7. The number of hydrogen-bond donors (Lipinski definition) is 0. The topological polar surface area (TPSA) is 21.3 Å². The van der Waals surface area contributed by atoms with Gasteiger partial charge in [0.1, 0.15) is 11.2 Å². The first-order valence-corrected chi connectivity index (χ1v) is 20.2. The molecule has 10 aromatic carbocycles. The number of anilines is 3. The second-order valence-electron chi connectivity index (χ2n) is 15.3. The highest BCUT2D eigenvalue weighted by Crippen LogP contribution is 2.45. The van der Waals surface area contributed by atoms with Crippen molar-refractivity contribution in [3.05, 3.63) is 218 Å². The fourth-order valence-corrected chi connectivity index (χ4v) is 9.15. The Labute approximate surface area is 341 Å². The van der Waals surface area contributed by atoms with Gasteiger partial charge in [-0.05, 0) is 117 Å². The van der Waals surface area contributed by atoms with E-state index in [1.807, 2.05) is 0 Å². The minimum atomic E-state index is 0.864. The van der Waals surface area contributed by atoms with Gasteiger partial charge in [-0.25, -0.2) is 0 Å². The number of furan rings is 1. The average Bonchev–Trinajstić information content (AvgIpc) is 3.86. The van der Waals surface area contributed by atoms with Crippen molar-refractivity contribution in [3.63, 3.8) is 0 Å². The predicted octanol–water partition coefficient (Wildman–Crippen LogP) is 15.8. The number of benzene rings is 10. The highest BCUT2D eigenvalue weighted by atomic mass is 16.3. The summed E-state index contributed by atoms with van der Waals surface area (Å²) in [5.41, 5.74) is 13.2. The molecule has 12 rings (SSSR count). The second-order valence-corrected chi connectivity index (χ2v) is 15.3. The molecule has 0 saturated heterocycles. The van der Waals surface area contributed by atoms with Crippen molar-refractivity contribution in [2.75, 3.05) is 4.90 Å². The van der Waals surface area contributed by atoms with E-state index < -0.39 is 0 Å². The summed E-state index contributed by atoms with van der Waals surface area (Å²) in [6.07, 6.45) is 0. The van der Waals surface area contributed by atoms with Gasteiger partial charge in [-0.1, -0.05) is 140 Å². The van der Waals surface area contributed by atoms with Gasteiger partial charge in [-0.3, -0.25) is 0 Å². The van der Waals surface area contributed by atoms with Crippen LogP contribution >= 0.6 is 0 Å². The quantitative estimate of drug-likeness (QED) is 0.169. The summed E-state index contributed by atoms with van der Waals surface area (Å²) < 4.78 is 9.08. The van der Waals surface area contributed by atoms with Crippen LogP contribution in [0.25, 0.3) is 93.2 Å². The van der Waals surface area contributed by atoms with Crippen LogP contribution in [-0.4, -0.2) is 4.57 Å². The van der Waals surface area contributed by atoms with Crippen molar-refractivity contribution in [1.82, 2.24) is 4.57 Å². The molecule has 0 bridgehead atoms. The van der Waals surface area contributed by atoms with Gasteiger partial charge in [0.25, 0.3) is 0 Å². The number of para-hydroxylation sites is 2. The maximum absolute atomic E-state index is 6.71. The van der Waals surface area contributed by atoms with Gasteiger partial charge >= 0.3 is 0 Å². The summed E-state index contributed by atoms with van der Waals surface area (Å²) in [4.78, 5) is 2.39. The van der Waals surface area contributed by atoms with Crippen molar-refractivity contribution >= 4 is 82.4 Å². The van der Waals surface area contributed by atoms with Crippen LogP contribution in [0.5, 0.6) is 0 Å². The lowest BCUT2D eigenvalue weighted by Crippen LogP contribution is -2.10. The SMILES string of the molecule is c1ccc(-n2c3ccccc3c3cc(-c4cccc(N(c5ccc(-c6ccc7ccccc7c6)cc5)c5cccc6oc7c8ccccc8ccc7c56)c4)ccc32)cc1. The maximum Gasteiger partial charge on any atom is 0.143 e. The van der Waals surface area contributed by atoms with Gasteiger partial charge in [-0.2, -0.15) is 0 Å². The van der Waals surface area contributed by atoms with E-state index in [1.165, 1.54) is 54.7 Å². The molecule has 59 heavy (non-hydrogen) atoms.